The van der Waals surface area contributed by atoms with Gasteiger partial charge in [0, 0.05) is 43.6 Å². The van der Waals surface area contributed by atoms with Crippen LogP contribution in [0, 0.1) is 0 Å². The number of para-hydroxylation sites is 1. The molecule has 1 saturated heterocycles. The third-order valence-corrected chi connectivity index (χ3v) is 6.25. The van der Waals surface area contributed by atoms with E-state index in [1.165, 1.54) is 11.1 Å². The van der Waals surface area contributed by atoms with Gasteiger partial charge in [-0.3, -0.25) is 5.43 Å². The fourth-order valence-corrected chi connectivity index (χ4v) is 4.60. The maximum absolute atomic E-state index is 4.76. The molecule has 158 valence electrons. The van der Waals surface area contributed by atoms with E-state index in [9.17, 15) is 0 Å². The van der Waals surface area contributed by atoms with Gasteiger partial charge in [-0.15, -0.1) is 11.3 Å². The average Bonchev–Trinajstić information content (AvgIpc) is 3.47. The van der Waals surface area contributed by atoms with E-state index in [1.807, 2.05) is 36.4 Å². The van der Waals surface area contributed by atoms with E-state index in [-0.39, 0.29) is 0 Å². The maximum atomic E-state index is 4.76. The predicted molar refractivity (Wildman–Crippen MR) is 128 cm³/mol. The summed E-state index contributed by atoms with van der Waals surface area (Å²) in [5.41, 5.74) is 6.43. The molecule has 0 saturated carbocycles. The van der Waals surface area contributed by atoms with Gasteiger partial charge in [-0.05, 0) is 43.2 Å². The summed E-state index contributed by atoms with van der Waals surface area (Å²) in [5.74, 6) is 1.40. The summed E-state index contributed by atoms with van der Waals surface area (Å²) < 4.78 is 1.19. The Kier molecular flexibility index (Phi) is 6.01. The Morgan fingerprint density at radius 3 is 2.94 bits per heavy atom. The third kappa shape index (κ3) is 4.99. The maximum Gasteiger partial charge on any atom is 0.229 e. The quantitative estimate of drug-likeness (QED) is 0.354. The van der Waals surface area contributed by atoms with Crippen molar-refractivity contribution in [3.63, 3.8) is 0 Å². The minimum atomic E-state index is 0.577. The highest BCUT2D eigenvalue weighted by atomic mass is 32.1. The van der Waals surface area contributed by atoms with Crippen LogP contribution in [0.25, 0.3) is 20.8 Å². The van der Waals surface area contributed by atoms with E-state index in [0.29, 0.717) is 5.95 Å². The minimum Gasteiger partial charge on any atom is -0.370 e. The van der Waals surface area contributed by atoms with E-state index in [1.54, 1.807) is 17.5 Å². The number of hydrazine groups is 1. The molecule has 0 atom stereocenters. The van der Waals surface area contributed by atoms with E-state index in [4.69, 9.17) is 4.98 Å². The zero-order chi connectivity index (χ0) is 20.9. The highest BCUT2D eigenvalue weighted by Gasteiger charge is 2.10. The summed E-state index contributed by atoms with van der Waals surface area (Å²) in [6.07, 6.45) is 4.07. The van der Waals surface area contributed by atoms with Crippen molar-refractivity contribution in [2.24, 2.45) is 0 Å². The second kappa shape index (κ2) is 9.38. The number of nitrogens with zero attached hydrogens (tertiary/aromatic N) is 4. The molecule has 3 heterocycles. The van der Waals surface area contributed by atoms with E-state index >= 15 is 0 Å². The van der Waals surface area contributed by atoms with Crippen LogP contribution in [0.2, 0.25) is 0 Å². The molecule has 8 heteroatoms. The van der Waals surface area contributed by atoms with Crippen molar-refractivity contribution < 1.29 is 0 Å². The summed E-state index contributed by atoms with van der Waals surface area (Å²) in [6, 6.07) is 18.3. The van der Waals surface area contributed by atoms with Gasteiger partial charge in [0.05, 0.1) is 10.2 Å². The van der Waals surface area contributed by atoms with Gasteiger partial charge in [-0.25, -0.2) is 15.0 Å². The lowest BCUT2D eigenvalue weighted by molar-refractivity contribution is 0.253. The first-order valence-corrected chi connectivity index (χ1v) is 11.4. The van der Waals surface area contributed by atoms with Crippen molar-refractivity contribution in [1.82, 2.24) is 25.4 Å². The lowest BCUT2D eigenvalue weighted by atomic mass is 10.2. The normalized spacial score (nSPS) is 14.2. The van der Waals surface area contributed by atoms with Crippen LogP contribution < -0.4 is 16.1 Å². The fraction of sp³-hybridized carbons (Fsp3) is 0.261. The van der Waals surface area contributed by atoms with Crippen LogP contribution in [0.1, 0.15) is 12.8 Å². The zero-order valence-corrected chi connectivity index (χ0v) is 18.0. The lowest BCUT2D eigenvalue weighted by Crippen LogP contribution is -2.32. The molecule has 1 fully saturated rings. The fourth-order valence-electron chi connectivity index (χ4n) is 3.64. The van der Waals surface area contributed by atoms with Gasteiger partial charge in [0.15, 0.2) is 0 Å². The summed E-state index contributed by atoms with van der Waals surface area (Å²) in [6.45, 7) is 4.15. The molecule has 0 aliphatic carbocycles. The number of fused-ring (bicyclic) bond motifs is 1. The Hall–Kier alpha value is -3.07. The van der Waals surface area contributed by atoms with Crippen LogP contribution in [-0.4, -0.2) is 46.1 Å². The molecule has 5 rings (SSSR count). The first-order valence-electron chi connectivity index (χ1n) is 10.6. The molecular weight excluding hydrogens is 406 g/mol. The van der Waals surface area contributed by atoms with Crippen molar-refractivity contribution in [2.75, 3.05) is 36.8 Å². The van der Waals surface area contributed by atoms with Gasteiger partial charge < -0.3 is 10.6 Å². The third-order valence-electron chi connectivity index (χ3n) is 5.17. The van der Waals surface area contributed by atoms with Crippen LogP contribution in [0.15, 0.2) is 60.8 Å². The van der Waals surface area contributed by atoms with Crippen molar-refractivity contribution in [3.8, 4) is 10.6 Å². The molecule has 3 N–H and O–H groups in total. The van der Waals surface area contributed by atoms with Crippen molar-refractivity contribution >= 4 is 39.0 Å². The molecule has 0 spiro atoms. The van der Waals surface area contributed by atoms with Gasteiger partial charge in [0.25, 0.3) is 0 Å². The molecule has 0 amide bonds. The molecule has 0 bridgehead atoms. The lowest BCUT2D eigenvalue weighted by Gasteiger charge is -2.15. The monoisotopic (exact) mass is 431 g/mol. The molecule has 31 heavy (non-hydrogen) atoms. The van der Waals surface area contributed by atoms with Gasteiger partial charge in [0.2, 0.25) is 5.95 Å². The number of aromatic nitrogens is 3. The number of anilines is 3. The number of hydrogen-bond donors (Lipinski definition) is 3. The number of benzene rings is 2. The topological polar surface area (TPSA) is 78.0 Å². The Morgan fingerprint density at radius 1 is 1.06 bits per heavy atom. The standard InChI is InChI=1S/C23H25N7S/c1-2-9-20-19(8-1)28-22(31-20)17-6-3-7-18(16-17)27-23-25-13-10-21(29-23)24-11-4-14-30-15-5-12-26-30/h1-3,6-10,13,16,26H,4-5,11-12,14-15H2,(H2,24,25,27,29). The van der Waals surface area contributed by atoms with Gasteiger partial charge in [-0.1, -0.05) is 24.3 Å². The second-order valence-corrected chi connectivity index (χ2v) is 8.52. The minimum absolute atomic E-state index is 0.577. The largest absolute Gasteiger partial charge is 0.370 e. The van der Waals surface area contributed by atoms with Crippen LogP contribution in [-0.2, 0) is 0 Å². The Balaban J connectivity index is 1.22. The molecule has 0 unspecified atom stereocenters. The first kappa shape index (κ1) is 19.9. The van der Waals surface area contributed by atoms with E-state index in [2.05, 4.69) is 49.2 Å². The number of hydrogen-bond acceptors (Lipinski definition) is 8. The molecule has 4 aromatic rings. The highest BCUT2D eigenvalue weighted by Crippen LogP contribution is 2.31. The number of nitrogens with one attached hydrogen (secondary N) is 3. The van der Waals surface area contributed by atoms with Crippen LogP contribution in [0.5, 0.6) is 0 Å². The SMILES string of the molecule is c1cc(Nc2nccc(NCCCN3CCCN3)n2)cc(-c2nc3ccccc3s2)c1. The molecule has 1 aliphatic rings. The smallest absolute Gasteiger partial charge is 0.229 e. The predicted octanol–water partition coefficient (Wildman–Crippen LogP) is 4.51. The molecule has 7 nitrogen and oxygen atoms in total. The van der Waals surface area contributed by atoms with Crippen molar-refractivity contribution in [3.05, 3.63) is 60.8 Å². The first-order chi connectivity index (χ1) is 15.3. The summed E-state index contributed by atoms with van der Waals surface area (Å²) in [4.78, 5) is 13.7. The molecule has 2 aromatic heterocycles. The average molecular weight is 432 g/mol. The van der Waals surface area contributed by atoms with Crippen LogP contribution in [0.4, 0.5) is 17.5 Å². The van der Waals surface area contributed by atoms with Gasteiger partial charge >= 0.3 is 0 Å². The zero-order valence-electron chi connectivity index (χ0n) is 17.2. The Labute approximate surface area is 185 Å². The van der Waals surface area contributed by atoms with E-state index < -0.39 is 0 Å². The highest BCUT2D eigenvalue weighted by molar-refractivity contribution is 7.21. The van der Waals surface area contributed by atoms with Crippen molar-refractivity contribution in [1.29, 1.82) is 0 Å². The van der Waals surface area contributed by atoms with Gasteiger partial charge in [-0.2, -0.15) is 4.98 Å². The molecule has 0 radical (unpaired) electrons. The summed E-state index contributed by atoms with van der Waals surface area (Å²) >= 11 is 1.70. The Morgan fingerprint density at radius 2 is 2.03 bits per heavy atom. The Bertz CT molecular complexity index is 1120. The molecule has 1 aliphatic heterocycles. The second-order valence-electron chi connectivity index (χ2n) is 7.49. The van der Waals surface area contributed by atoms with Crippen molar-refractivity contribution in [2.45, 2.75) is 12.8 Å². The number of rotatable bonds is 8. The van der Waals surface area contributed by atoms with E-state index in [0.717, 1.165) is 60.2 Å². The summed E-state index contributed by atoms with van der Waals surface area (Å²) in [5, 5.41) is 10.0. The van der Waals surface area contributed by atoms with Crippen LogP contribution >= 0.6 is 11.3 Å². The van der Waals surface area contributed by atoms with Crippen LogP contribution in [0.3, 0.4) is 0 Å². The summed E-state index contributed by atoms with van der Waals surface area (Å²) in [7, 11) is 0. The molecule has 2 aromatic carbocycles. The number of thiazole rings is 1. The molecular formula is C23H25N7S. The van der Waals surface area contributed by atoms with Gasteiger partial charge in [0.1, 0.15) is 10.8 Å².